The van der Waals surface area contributed by atoms with Crippen molar-refractivity contribution in [1.82, 2.24) is 9.78 Å². The smallest absolute Gasteiger partial charge is 0.165 e. The van der Waals surface area contributed by atoms with Gasteiger partial charge in [-0.15, -0.1) is 0 Å². The fourth-order valence-electron chi connectivity index (χ4n) is 2.38. The number of benzene rings is 2. The second kappa shape index (κ2) is 5.58. The van der Waals surface area contributed by atoms with Gasteiger partial charge in [-0.3, -0.25) is 4.68 Å². The average Bonchev–Trinajstić information content (AvgIpc) is 2.96. The molecule has 1 aromatic heterocycles. The summed E-state index contributed by atoms with van der Waals surface area (Å²) in [7, 11) is 0. The van der Waals surface area contributed by atoms with Gasteiger partial charge in [0.25, 0.3) is 0 Å². The van der Waals surface area contributed by atoms with Crippen LogP contribution in [-0.4, -0.2) is 9.78 Å². The monoisotopic (exact) mass is 281 g/mol. The van der Waals surface area contributed by atoms with Crippen LogP contribution in [0.2, 0.25) is 0 Å². The third kappa shape index (κ3) is 2.62. The molecule has 4 nitrogen and oxygen atoms in total. The molecular weight excluding hydrogens is 262 g/mol. The maximum absolute atomic E-state index is 6.00. The van der Waals surface area contributed by atoms with Crippen LogP contribution >= 0.6 is 0 Å². The first-order chi connectivity index (χ1) is 10.2. The highest BCUT2D eigenvalue weighted by atomic mass is 16.5. The topological polar surface area (TPSA) is 53.1 Å². The summed E-state index contributed by atoms with van der Waals surface area (Å²) in [5.74, 6) is 1.57. The van der Waals surface area contributed by atoms with E-state index in [4.69, 9.17) is 10.5 Å². The second-order valence-corrected chi connectivity index (χ2v) is 5.32. The number of nitrogens with two attached hydrogens (primary N) is 1. The normalized spacial score (nSPS) is 11.2. The Bertz CT molecular complexity index is 762. The predicted octanol–water partition coefficient (Wildman–Crippen LogP) is 3.87. The van der Waals surface area contributed by atoms with Crippen LogP contribution in [0.4, 0.5) is 0 Å². The van der Waals surface area contributed by atoms with E-state index < -0.39 is 0 Å². The van der Waals surface area contributed by atoms with Crippen molar-refractivity contribution >= 4 is 10.8 Å². The van der Waals surface area contributed by atoms with Gasteiger partial charge in [0, 0.05) is 18.0 Å². The zero-order chi connectivity index (χ0) is 14.8. The summed E-state index contributed by atoms with van der Waals surface area (Å²) in [6.45, 7) is 4.69. The average molecular weight is 281 g/mol. The third-order valence-corrected chi connectivity index (χ3v) is 3.53. The summed E-state index contributed by atoms with van der Waals surface area (Å²) in [6, 6.07) is 12.5. The quantitative estimate of drug-likeness (QED) is 0.789. The molecule has 2 aromatic carbocycles. The Balaban J connectivity index is 2.00. The van der Waals surface area contributed by atoms with E-state index in [2.05, 4.69) is 31.1 Å². The molecule has 2 N–H and O–H groups in total. The lowest BCUT2D eigenvalue weighted by atomic mass is 10.0. The van der Waals surface area contributed by atoms with Gasteiger partial charge in [0.1, 0.15) is 5.75 Å². The first kappa shape index (κ1) is 13.6. The first-order valence-corrected chi connectivity index (χ1v) is 7.11. The van der Waals surface area contributed by atoms with Crippen LogP contribution in [0.3, 0.4) is 0 Å². The summed E-state index contributed by atoms with van der Waals surface area (Å²) < 4.78 is 7.88. The van der Waals surface area contributed by atoms with Crippen molar-refractivity contribution in [3.8, 4) is 11.5 Å². The molecule has 0 aliphatic heterocycles. The van der Waals surface area contributed by atoms with Crippen molar-refractivity contribution < 1.29 is 4.74 Å². The van der Waals surface area contributed by atoms with Gasteiger partial charge in [-0.25, -0.2) is 0 Å². The van der Waals surface area contributed by atoms with Gasteiger partial charge in [0.05, 0.1) is 12.4 Å². The van der Waals surface area contributed by atoms with E-state index in [0.29, 0.717) is 12.6 Å². The third-order valence-electron chi connectivity index (χ3n) is 3.53. The Kier molecular flexibility index (Phi) is 3.62. The van der Waals surface area contributed by atoms with Gasteiger partial charge in [0.2, 0.25) is 0 Å². The van der Waals surface area contributed by atoms with Gasteiger partial charge in [-0.1, -0.05) is 30.3 Å². The zero-order valence-corrected chi connectivity index (χ0v) is 12.3. The molecule has 0 spiro atoms. The van der Waals surface area contributed by atoms with Crippen LogP contribution in [0.15, 0.2) is 48.8 Å². The molecule has 0 amide bonds. The SMILES string of the molecule is CC(C)n1cc(Oc2ccc(CN)c3ccccc23)cn1. The number of ether oxygens (including phenoxy) is 1. The molecule has 21 heavy (non-hydrogen) atoms. The minimum Gasteiger partial charge on any atom is -0.453 e. The maximum atomic E-state index is 6.00. The molecule has 0 radical (unpaired) electrons. The molecule has 108 valence electrons. The van der Waals surface area contributed by atoms with Crippen LogP contribution in [-0.2, 0) is 6.54 Å². The van der Waals surface area contributed by atoms with E-state index in [9.17, 15) is 0 Å². The highest BCUT2D eigenvalue weighted by Crippen LogP contribution is 2.32. The molecule has 0 fully saturated rings. The molecule has 0 bridgehead atoms. The van der Waals surface area contributed by atoms with Crippen molar-refractivity contribution in [3.63, 3.8) is 0 Å². The minimum absolute atomic E-state index is 0.318. The Morgan fingerprint density at radius 2 is 1.90 bits per heavy atom. The Labute approximate surface area is 124 Å². The molecular formula is C17H19N3O. The molecule has 4 heteroatoms. The van der Waals surface area contributed by atoms with E-state index in [1.807, 2.05) is 35.1 Å². The van der Waals surface area contributed by atoms with E-state index in [0.717, 1.165) is 27.8 Å². The van der Waals surface area contributed by atoms with E-state index in [1.54, 1.807) is 6.20 Å². The molecule has 0 saturated carbocycles. The van der Waals surface area contributed by atoms with E-state index >= 15 is 0 Å². The van der Waals surface area contributed by atoms with Crippen molar-refractivity contribution in [2.75, 3.05) is 0 Å². The number of aromatic nitrogens is 2. The second-order valence-electron chi connectivity index (χ2n) is 5.32. The van der Waals surface area contributed by atoms with Crippen LogP contribution in [0.5, 0.6) is 11.5 Å². The van der Waals surface area contributed by atoms with Gasteiger partial charge in [-0.2, -0.15) is 5.10 Å². The van der Waals surface area contributed by atoms with E-state index in [1.165, 1.54) is 0 Å². The lowest BCUT2D eigenvalue weighted by Crippen LogP contribution is -1.99. The van der Waals surface area contributed by atoms with Gasteiger partial charge in [-0.05, 0) is 30.9 Å². The van der Waals surface area contributed by atoms with Crippen LogP contribution in [0.1, 0.15) is 25.5 Å². The fraction of sp³-hybridized carbons (Fsp3) is 0.235. The molecule has 3 rings (SSSR count). The standard InChI is InChI=1S/C17H19N3O/c1-12(2)20-11-14(10-19-20)21-17-8-7-13(9-18)15-5-3-4-6-16(15)17/h3-8,10-12H,9,18H2,1-2H3. The van der Waals surface area contributed by atoms with Gasteiger partial charge >= 0.3 is 0 Å². The lowest BCUT2D eigenvalue weighted by Gasteiger charge is -2.10. The summed E-state index contributed by atoms with van der Waals surface area (Å²) >= 11 is 0. The number of hydrogen-bond acceptors (Lipinski definition) is 3. The largest absolute Gasteiger partial charge is 0.453 e. The number of hydrogen-bond donors (Lipinski definition) is 1. The summed E-state index contributed by atoms with van der Waals surface area (Å²) in [5, 5.41) is 6.50. The number of fused-ring (bicyclic) bond motifs is 1. The zero-order valence-electron chi connectivity index (χ0n) is 12.3. The summed E-state index contributed by atoms with van der Waals surface area (Å²) in [4.78, 5) is 0. The van der Waals surface area contributed by atoms with Crippen molar-refractivity contribution in [3.05, 3.63) is 54.4 Å². The first-order valence-electron chi connectivity index (χ1n) is 7.11. The highest BCUT2D eigenvalue weighted by molar-refractivity contribution is 5.91. The van der Waals surface area contributed by atoms with Gasteiger partial charge < -0.3 is 10.5 Å². The number of nitrogens with zero attached hydrogens (tertiary/aromatic N) is 2. The summed E-state index contributed by atoms with van der Waals surface area (Å²) in [5.41, 5.74) is 6.92. The molecule has 0 saturated heterocycles. The molecule has 0 unspecified atom stereocenters. The van der Waals surface area contributed by atoms with Crippen LogP contribution in [0.25, 0.3) is 10.8 Å². The molecule has 1 heterocycles. The Morgan fingerprint density at radius 3 is 2.57 bits per heavy atom. The predicted molar refractivity (Wildman–Crippen MR) is 84.5 cm³/mol. The Morgan fingerprint density at radius 1 is 1.14 bits per heavy atom. The Hall–Kier alpha value is -2.33. The fourth-order valence-corrected chi connectivity index (χ4v) is 2.38. The van der Waals surface area contributed by atoms with Crippen LogP contribution < -0.4 is 10.5 Å². The molecule has 3 aromatic rings. The van der Waals surface area contributed by atoms with Crippen molar-refractivity contribution in [2.24, 2.45) is 5.73 Å². The van der Waals surface area contributed by atoms with Crippen LogP contribution in [0, 0.1) is 0 Å². The summed E-state index contributed by atoms with van der Waals surface area (Å²) in [6.07, 6.45) is 3.65. The van der Waals surface area contributed by atoms with Crippen molar-refractivity contribution in [2.45, 2.75) is 26.4 Å². The maximum Gasteiger partial charge on any atom is 0.165 e. The van der Waals surface area contributed by atoms with E-state index in [-0.39, 0.29) is 0 Å². The molecule has 0 aliphatic carbocycles. The molecule has 0 aliphatic rings. The highest BCUT2D eigenvalue weighted by Gasteiger charge is 2.08. The number of rotatable bonds is 4. The molecule has 0 atom stereocenters. The minimum atomic E-state index is 0.318. The van der Waals surface area contributed by atoms with Gasteiger partial charge in [0.15, 0.2) is 5.75 Å². The lowest BCUT2D eigenvalue weighted by molar-refractivity contribution is 0.482. The van der Waals surface area contributed by atoms with Crippen molar-refractivity contribution in [1.29, 1.82) is 0 Å².